The molecule has 0 amide bonds. The van der Waals surface area contributed by atoms with Gasteiger partial charge in [0.1, 0.15) is 6.10 Å². The molecule has 3 heterocycles. The van der Waals surface area contributed by atoms with Crippen molar-refractivity contribution in [2.75, 3.05) is 44.4 Å². The third kappa shape index (κ3) is 3.92. The fraction of sp³-hybridized carbons (Fsp3) is 0.550. The predicted octanol–water partition coefficient (Wildman–Crippen LogP) is 2.12. The highest BCUT2D eigenvalue weighted by Crippen LogP contribution is 2.33. The first-order chi connectivity index (χ1) is 12.8. The van der Waals surface area contributed by atoms with Crippen LogP contribution in [0.3, 0.4) is 0 Å². The molecule has 2 aliphatic rings. The summed E-state index contributed by atoms with van der Waals surface area (Å²) >= 11 is 0. The average molecular weight is 356 g/mol. The maximum absolute atomic E-state index is 5.96. The molecule has 2 aliphatic heterocycles. The van der Waals surface area contributed by atoms with Crippen molar-refractivity contribution in [3.8, 4) is 0 Å². The Balaban J connectivity index is 1.28. The molecule has 0 unspecified atom stereocenters. The Labute approximate surface area is 155 Å². The largest absolute Gasteiger partial charge is 0.378 e. The van der Waals surface area contributed by atoms with E-state index in [-0.39, 0.29) is 6.10 Å². The minimum atomic E-state index is 0.152. The number of rotatable bonds is 6. The van der Waals surface area contributed by atoms with Gasteiger partial charge < -0.3 is 19.7 Å². The molecule has 0 aliphatic carbocycles. The molecule has 1 aromatic heterocycles. The van der Waals surface area contributed by atoms with Gasteiger partial charge in [-0.05, 0) is 30.2 Å². The summed E-state index contributed by atoms with van der Waals surface area (Å²) in [5.41, 5.74) is 3.78. The van der Waals surface area contributed by atoms with Gasteiger partial charge in [0.2, 0.25) is 0 Å². The minimum Gasteiger partial charge on any atom is -0.378 e. The molecule has 2 saturated heterocycles. The van der Waals surface area contributed by atoms with Gasteiger partial charge in [0.15, 0.2) is 0 Å². The second-order valence-corrected chi connectivity index (χ2v) is 7.12. The number of nitrogens with zero attached hydrogens (tertiary/aromatic N) is 3. The van der Waals surface area contributed by atoms with Gasteiger partial charge in [-0.25, -0.2) is 0 Å². The van der Waals surface area contributed by atoms with Gasteiger partial charge >= 0.3 is 0 Å². The van der Waals surface area contributed by atoms with Crippen LogP contribution in [0.5, 0.6) is 0 Å². The van der Waals surface area contributed by atoms with Gasteiger partial charge in [-0.1, -0.05) is 12.1 Å². The maximum Gasteiger partial charge on any atom is 0.103 e. The topological polar surface area (TPSA) is 51.5 Å². The molecule has 0 radical (unpaired) electrons. The highest BCUT2D eigenvalue weighted by atomic mass is 16.5. The lowest BCUT2D eigenvalue weighted by atomic mass is 9.99. The zero-order valence-electron chi connectivity index (χ0n) is 15.4. The van der Waals surface area contributed by atoms with E-state index < -0.39 is 0 Å². The molecule has 2 aromatic rings. The Morgan fingerprint density at radius 3 is 2.65 bits per heavy atom. The third-order valence-corrected chi connectivity index (χ3v) is 5.41. The van der Waals surface area contributed by atoms with Crippen molar-refractivity contribution < 1.29 is 9.47 Å². The van der Waals surface area contributed by atoms with E-state index >= 15 is 0 Å². The van der Waals surface area contributed by atoms with Crippen LogP contribution in [0.15, 0.2) is 36.5 Å². The molecule has 2 atom stereocenters. The molecule has 1 aromatic carbocycles. The predicted molar refractivity (Wildman–Crippen MR) is 101 cm³/mol. The zero-order chi connectivity index (χ0) is 17.8. The van der Waals surface area contributed by atoms with Crippen molar-refractivity contribution in [3.05, 3.63) is 47.8 Å². The van der Waals surface area contributed by atoms with Gasteiger partial charge in [0.05, 0.1) is 18.9 Å². The van der Waals surface area contributed by atoms with Gasteiger partial charge in [-0.2, -0.15) is 5.10 Å². The number of hydrogen-bond acceptors (Lipinski definition) is 5. The van der Waals surface area contributed by atoms with Crippen molar-refractivity contribution in [2.45, 2.75) is 19.1 Å². The smallest absolute Gasteiger partial charge is 0.103 e. The van der Waals surface area contributed by atoms with Crippen molar-refractivity contribution in [2.24, 2.45) is 13.0 Å². The fourth-order valence-corrected chi connectivity index (χ4v) is 3.88. The maximum atomic E-state index is 5.96. The Morgan fingerprint density at radius 1 is 1.12 bits per heavy atom. The molecule has 140 valence electrons. The first kappa shape index (κ1) is 17.5. The third-order valence-electron chi connectivity index (χ3n) is 5.41. The van der Waals surface area contributed by atoms with Crippen LogP contribution in [0, 0.1) is 5.92 Å². The average Bonchev–Trinajstić information content (AvgIpc) is 3.31. The summed E-state index contributed by atoms with van der Waals surface area (Å²) in [7, 11) is 1.98. The number of nitrogens with one attached hydrogen (secondary N) is 1. The first-order valence-electron chi connectivity index (χ1n) is 9.53. The van der Waals surface area contributed by atoms with Crippen molar-refractivity contribution in [1.82, 2.24) is 15.1 Å². The van der Waals surface area contributed by atoms with Crippen LogP contribution in [0.25, 0.3) is 0 Å². The SMILES string of the molecule is Cn1nccc1[C@@H]1OCC[C@H]1CNCc1ccc(N2CCOCC2)cc1. The number of benzene rings is 1. The molecule has 26 heavy (non-hydrogen) atoms. The van der Waals surface area contributed by atoms with E-state index in [1.54, 1.807) is 0 Å². The number of hydrogen-bond donors (Lipinski definition) is 1. The summed E-state index contributed by atoms with van der Waals surface area (Å²) < 4.78 is 13.3. The van der Waals surface area contributed by atoms with E-state index in [0.29, 0.717) is 5.92 Å². The quantitative estimate of drug-likeness (QED) is 0.859. The lowest BCUT2D eigenvalue weighted by Gasteiger charge is -2.29. The molecule has 0 bridgehead atoms. The summed E-state index contributed by atoms with van der Waals surface area (Å²) in [6.45, 7) is 6.29. The Bertz CT molecular complexity index is 694. The van der Waals surface area contributed by atoms with E-state index in [4.69, 9.17) is 9.47 Å². The normalized spacial score (nSPS) is 23.5. The van der Waals surface area contributed by atoms with Crippen molar-refractivity contribution in [3.63, 3.8) is 0 Å². The van der Waals surface area contributed by atoms with E-state index in [0.717, 1.165) is 52.4 Å². The highest BCUT2D eigenvalue weighted by Gasteiger charge is 2.31. The standard InChI is InChI=1S/C20H28N4O2/c1-23-19(6-8-22-23)20-17(7-11-26-20)15-21-14-16-2-4-18(5-3-16)24-9-12-25-13-10-24/h2-6,8,17,20-21H,7,9-15H2,1H3/t17-,20+/m0/s1. The zero-order valence-corrected chi connectivity index (χ0v) is 15.4. The summed E-state index contributed by atoms with van der Waals surface area (Å²) in [5.74, 6) is 0.498. The van der Waals surface area contributed by atoms with Crippen molar-refractivity contribution in [1.29, 1.82) is 0 Å². The Kier molecular flexibility index (Phi) is 5.53. The molecule has 0 spiro atoms. The highest BCUT2D eigenvalue weighted by molar-refractivity contribution is 5.47. The fourth-order valence-electron chi connectivity index (χ4n) is 3.88. The molecule has 4 rings (SSSR count). The summed E-state index contributed by atoms with van der Waals surface area (Å²) in [5, 5.41) is 7.89. The van der Waals surface area contributed by atoms with Gasteiger partial charge in [-0.3, -0.25) is 4.68 Å². The van der Waals surface area contributed by atoms with E-state index in [2.05, 4.69) is 45.6 Å². The second-order valence-electron chi connectivity index (χ2n) is 7.12. The van der Waals surface area contributed by atoms with Crippen molar-refractivity contribution >= 4 is 5.69 Å². The summed E-state index contributed by atoms with van der Waals surface area (Å²) in [6.07, 6.45) is 3.09. The summed E-state index contributed by atoms with van der Waals surface area (Å²) in [4.78, 5) is 2.38. The van der Waals surface area contributed by atoms with Crippen LogP contribution in [0.4, 0.5) is 5.69 Å². The van der Waals surface area contributed by atoms with Gasteiger partial charge in [0.25, 0.3) is 0 Å². The number of ether oxygens (including phenoxy) is 2. The van der Waals surface area contributed by atoms with Crippen LogP contribution in [0.1, 0.15) is 23.8 Å². The molecular weight excluding hydrogens is 328 g/mol. The number of aryl methyl sites for hydroxylation is 1. The Morgan fingerprint density at radius 2 is 1.92 bits per heavy atom. The van der Waals surface area contributed by atoms with E-state index in [1.165, 1.54) is 16.9 Å². The lowest BCUT2D eigenvalue weighted by molar-refractivity contribution is 0.0838. The Hall–Kier alpha value is -1.89. The van der Waals surface area contributed by atoms with Gasteiger partial charge in [-0.15, -0.1) is 0 Å². The number of anilines is 1. The number of aromatic nitrogens is 2. The summed E-state index contributed by atoms with van der Waals surface area (Å²) in [6, 6.07) is 11.0. The van der Waals surface area contributed by atoms with E-state index in [1.807, 2.05) is 17.9 Å². The monoisotopic (exact) mass is 356 g/mol. The van der Waals surface area contributed by atoms with Crippen LogP contribution in [-0.2, 0) is 23.1 Å². The minimum absolute atomic E-state index is 0.152. The number of morpholine rings is 1. The second kappa shape index (κ2) is 8.20. The van der Waals surface area contributed by atoms with Crippen LogP contribution >= 0.6 is 0 Å². The van der Waals surface area contributed by atoms with Crippen LogP contribution in [-0.4, -0.2) is 49.2 Å². The van der Waals surface area contributed by atoms with Gasteiger partial charge in [0, 0.05) is 57.6 Å². The molecule has 1 N–H and O–H groups in total. The van der Waals surface area contributed by atoms with E-state index in [9.17, 15) is 0 Å². The van der Waals surface area contributed by atoms with Crippen LogP contribution in [0.2, 0.25) is 0 Å². The molecular formula is C20H28N4O2. The molecule has 2 fully saturated rings. The first-order valence-corrected chi connectivity index (χ1v) is 9.53. The molecule has 6 heteroatoms. The lowest BCUT2D eigenvalue weighted by Crippen LogP contribution is -2.36. The molecule has 6 nitrogen and oxygen atoms in total. The molecule has 0 saturated carbocycles. The van der Waals surface area contributed by atoms with Crippen LogP contribution < -0.4 is 10.2 Å².